The van der Waals surface area contributed by atoms with Gasteiger partial charge < -0.3 is 0 Å². The maximum absolute atomic E-state index is 10.6. The highest BCUT2D eigenvalue weighted by molar-refractivity contribution is 14.1. The molecule has 5 heteroatoms. The number of nitro benzene ring substituents is 1. The van der Waals surface area contributed by atoms with E-state index in [1.807, 2.05) is 0 Å². The molecule has 0 aliphatic rings. The van der Waals surface area contributed by atoms with Gasteiger partial charge in [0.15, 0.2) is 0 Å². The number of hydrogen-bond acceptors (Lipinski definition) is 3. The number of nitrogens with zero attached hydrogens (tertiary/aromatic N) is 1. The first-order valence-electron chi connectivity index (χ1n) is 5.81. The summed E-state index contributed by atoms with van der Waals surface area (Å²) in [6.07, 6.45) is 1.03. The van der Waals surface area contributed by atoms with Gasteiger partial charge >= 0.3 is 0 Å². The summed E-state index contributed by atoms with van der Waals surface area (Å²) in [6, 6.07) is 13.0. The van der Waals surface area contributed by atoms with E-state index < -0.39 is 0 Å². The van der Waals surface area contributed by atoms with Gasteiger partial charge in [0.25, 0.3) is 5.69 Å². The molecule has 0 heterocycles. The van der Waals surface area contributed by atoms with Crippen molar-refractivity contribution in [2.24, 2.45) is 0 Å². The van der Waals surface area contributed by atoms with E-state index in [1.165, 1.54) is 26.2 Å². The molecule has 0 saturated carbocycles. The summed E-state index contributed by atoms with van der Waals surface area (Å²) in [5.41, 5.74) is 1.44. The van der Waals surface area contributed by atoms with Crippen molar-refractivity contribution in [2.75, 3.05) is 0 Å². The third-order valence-electron chi connectivity index (χ3n) is 2.68. The second-order valence-corrected chi connectivity index (χ2v) is 6.25. The van der Waals surface area contributed by atoms with Crippen LogP contribution in [0.25, 0.3) is 0 Å². The van der Waals surface area contributed by atoms with Crippen LogP contribution in [0, 0.1) is 13.7 Å². The van der Waals surface area contributed by atoms with E-state index in [2.05, 4.69) is 47.7 Å². The van der Waals surface area contributed by atoms with Gasteiger partial charge in [-0.1, -0.05) is 24.8 Å². The first-order valence-corrected chi connectivity index (χ1v) is 7.70. The normalized spacial score (nSPS) is 10.4. The minimum Gasteiger partial charge on any atom is -0.258 e. The molecular formula is C14H12INO2S. The van der Waals surface area contributed by atoms with Gasteiger partial charge in [-0.05, 0) is 58.8 Å². The van der Waals surface area contributed by atoms with Crippen LogP contribution in [0.4, 0.5) is 5.69 Å². The van der Waals surface area contributed by atoms with E-state index >= 15 is 0 Å². The third-order valence-corrected chi connectivity index (χ3v) is 5.02. The lowest BCUT2D eigenvalue weighted by Crippen LogP contribution is -1.87. The summed E-state index contributed by atoms with van der Waals surface area (Å²) in [6.45, 7) is 2.13. The van der Waals surface area contributed by atoms with Crippen LogP contribution in [0.2, 0.25) is 0 Å². The molecule has 0 radical (unpaired) electrons. The van der Waals surface area contributed by atoms with Gasteiger partial charge in [-0.15, -0.1) is 0 Å². The van der Waals surface area contributed by atoms with Crippen molar-refractivity contribution < 1.29 is 4.92 Å². The first kappa shape index (κ1) is 14.3. The fourth-order valence-corrected chi connectivity index (χ4v) is 3.34. The molecule has 0 aliphatic heterocycles. The Labute approximate surface area is 129 Å². The predicted octanol–water partition coefficient (Wildman–Crippen LogP) is 4.91. The molecule has 0 aliphatic carbocycles. The Morgan fingerprint density at radius 1 is 1.21 bits per heavy atom. The fraction of sp³-hybridized carbons (Fsp3) is 0.143. The molecule has 98 valence electrons. The highest BCUT2D eigenvalue weighted by Crippen LogP contribution is 2.32. The van der Waals surface area contributed by atoms with E-state index in [-0.39, 0.29) is 10.6 Å². The maximum Gasteiger partial charge on any atom is 0.269 e. The van der Waals surface area contributed by atoms with Gasteiger partial charge in [0.05, 0.1) is 4.92 Å². The molecule has 0 bridgehead atoms. The van der Waals surface area contributed by atoms with Crippen molar-refractivity contribution in [1.82, 2.24) is 0 Å². The van der Waals surface area contributed by atoms with E-state index in [9.17, 15) is 10.1 Å². The number of rotatable bonds is 4. The van der Waals surface area contributed by atoms with E-state index in [0.29, 0.717) is 0 Å². The van der Waals surface area contributed by atoms with Crippen molar-refractivity contribution in [3.8, 4) is 0 Å². The Bertz CT molecular complexity index is 599. The molecule has 0 amide bonds. The average molecular weight is 385 g/mol. The minimum atomic E-state index is -0.381. The van der Waals surface area contributed by atoms with E-state index in [0.717, 1.165) is 11.3 Å². The molecule has 19 heavy (non-hydrogen) atoms. The van der Waals surface area contributed by atoms with Gasteiger partial charge in [0.2, 0.25) is 0 Å². The molecule has 0 atom stereocenters. The highest BCUT2D eigenvalue weighted by Gasteiger charge is 2.07. The summed E-state index contributed by atoms with van der Waals surface area (Å²) >= 11 is 3.95. The summed E-state index contributed by atoms with van der Waals surface area (Å²) in [5.74, 6) is 0. The predicted molar refractivity (Wildman–Crippen MR) is 85.8 cm³/mol. The van der Waals surface area contributed by atoms with E-state index in [1.54, 1.807) is 23.9 Å². The quantitative estimate of drug-likeness (QED) is 0.427. The van der Waals surface area contributed by atoms with Gasteiger partial charge in [0.1, 0.15) is 0 Å². The molecule has 3 nitrogen and oxygen atoms in total. The Morgan fingerprint density at radius 2 is 1.89 bits per heavy atom. The number of nitro groups is 1. The van der Waals surface area contributed by atoms with Crippen LogP contribution in [-0.4, -0.2) is 4.92 Å². The number of aryl methyl sites for hydroxylation is 1. The van der Waals surface area contributed by atoms with Crippen molar-refractivity contribution in [2.45, 2.75) is 23.1 Å². The molecule has 0 N–H and O–H groups in total. The maximum atomic E-state index is 10.6. The molecule has 2 aromatic carbocycles. The zero-order valence-corrected chi connectivity index (χ0v) is 13.3. The zero-order chi connectivity index (χ0) is 13.8. The lowest BCUT2D eigenvalue weighted by Gasteiger charge is -2.06. The monoisotopic (exact) mass is 385 g/mol. The van der Waals surface area contributed by atoms with E-state index in [4.69, 9.17) is 0 Å². The summed E-state index contributed by atoms with van der Waals surface area (Å²) in [4.78, 5) is 12.4. The van der Waals surface area contributed by atoms with Crippen LogP contribution in [0.15, 0.2) is 52.3 Å². The molecule has 0 unspecified atom stereocenters. The summed E-state index contributed by atoms with van der Waals surface area (Å²) in [7, 11) is 0. The third kappa shape index (κ3) is 3.70. The first-order chi connectivity index (χ1) is 9.10. The van der Waals surface area contributed by atoms with Crippen LogP contribution in [0.3, 0.4) is 0 Å². The van der Waals surface area contributed by atoms with Crippen molar-refractivity contribution in [3.63, 3.8) is 0 Å². The van der Waals surface area contributed by atoms with Crippen LogP contribution in [-0.2, 0) is 6.42 Å². The largest absolute Gasteiger partial charge is 0.269 e. The van der Waals surface area contributed by atoms with Crippen LogP contribution in [0.5, 0.6) is 0 Å². The summed E-state index contributed by atoms with van der Waals surface area (Å²) < 4.78 is 1.21. The van der Waals surface area contributed by atoms with Gasteiger partial charge in [-0.2, -0.15) is 0 Å². The van der Waals surface area contributed by atoms with Crippen LogP contribution < -0.4 is 0 Å². The molecular weight excluding hydrogens is 373 g/mol. The Hall–Kier alpha value is -1.08. The lowest BCUT2D eigenvalue weighted by atomic mass is 10.2. The van der Waals surface area contributed by atoms with Crippen LogP contribution >= 0.6 is 34.4 Å². The molecule has 0 spiro atoms. The topological polar surface area (TPSA) is 43.1 Å². The molecule has 0 aromatic heterocycles. The van der Waals surface area contributed by atoms with Crippen molar-refractivity contribution in [1.29, 1.82) is 0 Å². The second kappa shape index (κ2) is 6.38. The fourth-order valence-electron chi connectivity index (χ4n) is 1.61. The zero-order valence-electron chi connectivity index (χ0n) is 10.3. The highest BCUT2D eigenvalue weighted by atomic mass is 127. The van der Waals surface area contributed by atoms with Gasteiger partial charge in [-0.25, -0.2) is 0 Å². The number of non-ortho nitro benzene ring substituents is 1. The Kier molecular flexibility index (Phi) is 4.81. The summed E-state index contributed by atoms with van der Waals surface area (Å²) in [5, 5.41) is 10.6. The number of benzene rings is 2. The standard InChI is InChI=1S/C14H12INO2S/c1-2-10-3-8-14(13(15)9-10)19-12-6-4-11(5-7-12)16(17)18/h3-9H,2H2,1H3. The SMILES string of the molecule is CCc1ccc(Sc2ccc([N+](=O)[O-])cc2)c(I)c1. The Morgan fingerprint density at radius 3 is 2.42 bits per heavy atom. The van der Waals surface area contributed by atoms with Crippen molar-refractivity contribution in [3.05, 3.63) is 61.7 Å². The molecule has 0 saturated heterocycles. The average Bonchev–Trinajstić information content (AvgIpc) is 2.41. The minimum absolute atomic E-state index is 0.125. The van der Waals surface area contributed by atoms with Gasteiger partial charge in [0, 0.05) is 25.5 Å². The molecule has 2 aromatic rings. The molecule has 2 rings (SSSR count). The molecule has 0 fully saturated rings. The smallest absolute Gasteiger partial charge is 0.258 e. The second-order valence-electron chi connectivity index (χ2n) is 3.97. The lowest BCUT2D eigenvalue weighted by molar-refractivity contribution is -0.384. The number of hydrogen-bond donors (Lipinski definition) is 0. The Balaban J connectivity index is 2.19. The van der Waals surface area contributed by atoms with Crippen molar-refractivity contribution >= 4 is 40.0 Å². The number of halogens is 1. The van der Waals surface area contributed by atoms with Gasteiger partial charge in [-0.3, -0.25) is 10.1 Å². The van der Waals surface area contributed by atoms with Crippen LogP contribution in [0.1, 0.15) is 12.5 Å².